The van der Waals surface area contributed by atoms with Crippen molar-refractivity contribution < 1.29 is 0 Å². The quantitative estimate of drug-likeness (QED) is 0.821. The number of aryl methyl sites for hydroxylation is 1. The van der Waals surface area contributed by atoms with E-state index in [2.05, 4.69) is 41.4 Å². The highest BCUT2D eigenvalue weighted by Gasteiger charge is 2.18. The lowest BCUT2D eigenvalue weighted by Crippen LogP contribution is -2.39. The van der Waals surface area contributed by atoms with Crippen molar-refractivity contribution in [3.05, 3.63) is 29.8 Å². The van der Waals surface area contributed by atoms with E-state index in [0.29, 0.717) is 6.04 Å². The Morgan fingerprint density at radius 1 is 1.22 bits per heavy atom. The fourth-order valence-electron chi connectivity index (χ4n) is 2.47. The lowest BCUT2D eigenvalue weighted by Gasteiger charge is -2.32. The minimum absolute atomic E-state index is 0.625. The maximum atomic E-state index is 5.73. The van der Waals surface area contributed by atoms with Crippen LogP contribution in [0.1, 0.15) is 24.8 Å². The maximum Gasteiger partial charge on any atom is 0.0342 e. The Morgan fingerprint density at radius 2 is 1.89 bits per heavy atom. The smallest absolute Gasteiger partial charge is 0.0342 e. The SMILES string of the molecule is Cc1ccc(NC2CCN(CCCCl)CC2)cc1. The molecule has 3 heteroatoms. The zero-order chi connectivity index (χ0) is 12.8. The van der Waals surface area contributed by atoms with Crippen LogP contribution >= 0.6 is 11.6 Å². The molecule has 1 aliphatic heterocycles. The van der Waals surface area contributed by atoms with Gasteiger partial charge in [-0.15, -0.1) is 11.6 Å². The second kappa shape index (κ2) is 7.01. The molecular formula is C15H23ClN2. The molecule has 0 saturated carbocycles. The zero-order valence-corrected chi connectivity index (χ0v) is 11.9. The highest BCUT2D eigenvalue weighted by Crippen LogP contribution is 2.17. The number of piperidine rings is 1. The molecule has 0 radical (unpaired) electrons. The van der Waals surface area contributed by atoms with Gasteiger partial charge in [0.1, 0.15) is 0 Å². The Bertz CT molecular complexity index is 342. The van der Waals surface area contributed by atoms with Crippen LogP contribution in [0.5, 0.6) is 0 Å². The fourth-order valence-corrected chi connectivity index (χ4v) is 2.59. The van der Waals surface area contributed by atoms with E-state index in [0.717, 1.165) is 18.8 Å². The van der Waals surface area contributed by atoms with E-state index in [-0.39, 0.29) is 0 Å². The molecule has 0 unspecified atom stereocenters. The average molecular weight is 267 g/mol. The van der Waals surface area contributed by atoms with Crippen molar-refractivity contribution in [3.63, 3.8) is 0 Å². The van der Waals surface area contributed by atoms with Gasteiger partial charge in [-0.3, -0.25) is 0 Å². The first kappa shape index (κ1) is 13.7. The first-order chi connectivity index (χ1) is 8.78. The lowest BCUT2D eigenvalue weighted by molar-refractivity contribution is 0.220. The highest BCUT2D eigenvalue weighted by molar-refractivity contribution is 6.17. The number of nitrogens with one attached hydrogen (secondary N) is 1. The number of hydrogen-bond acceptors (Lipinski definition) is 2. The van der Waals surface area contributed by atoms with Crippen molar-refractivity contribution in [2.45, 2.75) is 32.2 Å². The Hall–Kier alpha value is -0.730. The van der Waals surface area contributed by atoms with E-state index in [4.69, 9.17) is 11.6 Å². The third-order valence-electron chi connectivity index (χ3n) is 3.62. The Labute approximate surface area is 115 Å². The molecule has 1 saturated heterocycles. The number of nitrogens with zero attached hydrogens (tertiary/aromatic N) is 1. The summed E-state index contributed by atoms with van der Waals surface area (Å²) in [6.45, 7) is 5.67. The van der Waals surface area contributed by atoms with Crippen molar-refractivity contribution in [1.82, 2.24) is 4.90 Å². The minimum Gasteiger partial charge on any atom is -0.382 e. The molecule has 1 fully saturated rings. The van der Waals surface area contributed by atoms with Crippen LogP contribution in [0.2, 0.25) is 0 Å². The third-order valence-corrected chi connectivity index (χ3v) is 3.89. The molecule has 18 heavy (non-hydrogen) atoms. The predicted molar refractivity (Wildman–Crippen MR) is 79.6 cm³/mol. The Morgan fingerprint density at radius 3 is 2.50 bits per heavy atom. The van der Waals surface area contributed by atoms with Gasteiger partial charge < -0.3 is 10.2 Å². The zero-order valence-electron chi connectivity index (χ0n) is 11.2. The molecule has 1 N–H and O–H groups in total. The predicted octanol–water partition coefficient (Wildman–Crippen LogP) is 3.50. The Kier molecular flexibility index (Phi) is 5.33. The number of alkyl halides is 1. The van der Waals surface area contributed by atoms with Gasteiger partial charge in [0.15, 0.2) is 0 Å². The van der Waals surface area contributed by atoms with Crippen molar-refractivity contribution in [1.29, 1.82) is 0 Å². The van der Waals surface area contributed by atoms with Crippen molar-refractivity contribution in [2.75, 3.05) is 30.8 Å². The summed E-state index contributed by atoms with van der Waals surface area (Å²) in [5.41, 5.74) is 2.57. The molecule has 1 aliphatic rings. The van der Waals surface area contributed by atoms with Crippen LogP contribution in [0.3, 0.4) is 0 Å². The van der Waals surface area contributed by atoms with Crippen LogP contribution in [0.4, 0.5) is 5.69 Å². The van der Waals surface area contributed by atoms with Crippen LogP contribution in [-0.4, -0.2) is 36.5 Å². The van der Waals surface area contributed by atoms with Crippen molar-refractivity contribution >= 4 is 17.3 Å². The molecule has 2 nitrogen and oxygen atoms in total. The molecule has 0 aromatic heterocycles. The van der Waals surface area contributed by atoms with Crippen molar-refractivity contribution in [3.8, 4) is 0 Å². The van der Waals surface area contributed by atoms with Gasteiger partial charge in [0.2, 0.25) is 0 Å². The van der Waals surface area contributed by atoms with E-state index in [1.807, 2.05) is 0 Å². The molecule has 0 amide bonds. The average Bonchev–Trinajstić information content (AvgIpc) is 2.41. The van der Waals surface area contributed by atoms with Crippen LogP contribution in [0.15, 0.2) is 24.3 Å². The van der Waals surface area contributed by atoms with Crippen LogP contribution in [0.25, 0.3) is 0 Å². The number of anilines is 1. The highest BCUT2D eigenvalue weighted by atomic mass is 35.5. The van der Waals surface area contributed by atoms with Crippen molar-refractivity contribution in [2.24, 2.45) is 0 Å². The number of likely N-dealkylation sites (tertiary alicyclic amines) is 1. The van der Waals surface area contributed by atoms with Crippen LogP contribution < -0.4 is 5.32 Å². The van der Waals surface area contributed by atoms with Gasteiger partial charge in [-0.25, -0.2) is 0 Å². The number of rotatable bonds is 5. The van der Waals surface area contributed by atoms with Crippen LogP contribution in [-0.2, 0) is 0 Å². The lowest BCUT2D eigenvalue weighted by atomic mass is 10.0. The number of hydrogen-bond donors (Lipinski definition) is 1. The third kappa shape index (κ3) is 4.18. The molecular weight excluding hydrogens is 244 g/mol. The molecule has 100 valence electrons. The van der Waals surface area contributed by atoms with Gasteiger partial charge in [-0.05, 0) is 44.9 Å². The largest absolute Gasteiger partial charge is 0.382 e. The summed E-state index contributed by atoms with van der Waals surface area (Å²) < 4.78 is 0. The summed E-state index contributed by atoms with van der Waals surface area (Å²) in [6.07, 6.45) is 3.57. The number of benzene rings is 1. The van der Waals surface area contributed by atoms with Gasteiger partial charge in [-0.1, -0.05) is 17.7 Å². The van der Waals surface area contributed by atoms with Gasteiger partial charge in [-0.2, -0.15) is 0 Å². The summed E-state index contributed by atoms with van der Waals surface area (Å²) in [6, 6.07) is 9.31. The molecule has 2 rings (SSSR count). The first-order valence-electron chi connectivity index (χ1n) is 6.89. The summed E-state index contributed by atoms with van der Waals surface area (Å²) in [5, 5.41) is 3.63. The summed E-state index contributed by atoms with van der Waals surface area (Å²) in [7, 11) is 0. The standard InChI is InChI=1S/C15H23ClN2/c1-13-3-5-14(6-4-13)17-15-7-11-18(12-8-15)10-2-9-16/h3-6,15,17H,2,7-12H2,1H3. The monoisotopic (exact) mass is 266 g/mol. The Balaban J connectivity index is 1.74. The summed E-state index contributed by atoms with van der Waals surface area (Å²) in [4.78, 5) is 2.52. The van der Waals surface area contributed by atoms with E-state index in [1.165, 1.54) is 37.2 Å². The molecule has 1 aromatic rings. The van der Waals surface area contributed by atoms with E-state index in [9.17, 15) is 0 Å². The van der Waals surface area contributed by atoms with Gasteiger partial charge in [0.25, 0.3) is 0 Å². The van der Waals surface area contributed by atoms with Gasteiger partial charge in [0.05, 0.1) is 0 Å². The summed E-state index contributed by atoms with van der Waals surface area (Å²) >= 11 is 5.73. The van der Waals surface area contributed by atoms with E-state index >= 15 is 0 Å². The fraction of sp³-hybridized carbons (Fsp3) is 0.600. The second-order valence-electron chi connectivity index (χ2n) is 5.17. The minimum atomic E-state index is 0.625. The molecule has 1 aromatic carbocycles. The first-order valence-corrected chi connectivity index (χ1v) is 7.43. The topological polar surface area (TPSA) is 15.3 Å². The molecule has 0 spiro atoms. The van der Waals surface area contributed by atoms with Gasteiger partial charge in [0, 0.05) is 30.7 Å². The van der Waals surface area contributed by atoms with Gasteiger partial charge >= 0.3 is 0 Å². The molecule has 1 heterocycles. The summed E-state index contributed by atoms with van der Waals surface area (Å²) in [5.74, 6) is 0.779. The normalized spacial score (nSPS) is 17.9. The second-order valence-corrected chi connectivity index (χ2v) is 5.55. The van der Waals surface area contributed by atoms with E-state index in [1.54, 1.807) is 0 Å². The van der Waals surface area contributed by atoms with E-state index < -0.39 is 0 Å². The molecule has 0 atom stereocenters. The molecule has 0 bridgehead atoms. The maximum absolute atomic E-state index is 5.73. The number of halogens is 1. The molecule has 0 aliphatic carbocycles. The van der Waals surface area contributed by atoms with Crippen LogP contribution in [0, 0.1) is 6.92 Å².